The van der Waals surface area contributed by atoms with Crippen LogP contribution in [0.25, 0.3) is 0 Å². The molecule has 2 atom stereocenters. The van der Waals surface area contributed by atoms with Crippen molar-refractivity contribution in [2.24, 2.45) is 0 Å². The number of benzene rings is 2. The zero-order chi connectivity index (χ0) is 21.8. The Morgan fingerprint density at radius 1 is 1.10 bits per heavy atom. The van der Waals surface area contributed by atoms with Gasteiger partial charge in [-0.2, -0.15) is 0 Å². The quantitative estimate of drug-likeness (QED) is 0.709. The molecule has 0 heterocycles. The Labute approximate surface area is 173 Å². The van der Waals surface area contributed by atoms with Gasteiger partial charge in [0.1, 0.15) is 11.8 Å². The highest BCUT2D eigenvalue weighted by Crippen LogP contribution is 2.33. The number of anilines is 1. The first-order valence-electron chi connectivity index (χ1n) is 9.59. The number of hydrogen-bond acceptors (Lipinski definition) is 4. The van der Waals surface area contributed by atoms with Crippen LogP contribution in [0.5, 0.6) is 5.75 Å². The second-order valence-electron chi connectivity index (χ2n) is 7.29. The van der Waals surface area contributed by atoms with Crippen LogP contribution in [-0.4, -0.2) is 33.7 Å². The van der Waals surface area contributed by atoms with E-state index in [-0.39, 0.29) is 11.9 Å². The lowest BCUT2D eigenvalue weighted by molar-refractivity contribution is -0.122. The molecule has 0 saturated carbocycles. The number of aryl methyl sites for hydroxylation is 2. The molecular weight excluding hydrogens is 388 g/mol. The summed E-state index contributed by atoms with van der Waals surface area (Å²) in [7, 11) is -2.26. The van der Waals surface area contributed by atoms with Crippen LogP contribution in [-0.2, 0) is 14.8 Å². The Balaban J connectivity index is 2.36. The molecule has 2 aromatic rings. The Hall–Kier alpha value is -2.54. The summed E-state index contributed by atoms with van der Waals surface area (Å²) in [6.45, 7) is 7.43. The molecule has 29 heavy (non-hydrogen) atoms. The molecule has 0 unspecified atom stereocenters. The number of carbonyl (C=O) groups excluding carboxylic acids is 1. The number of amides is 1. The van der Waals surface area contributed by atoms with Crippen LogP contribution in [0.1, 0.15) is 43.0 Å². The van der Waals surface area contributed by atoms with Gasteiger partial charge in [0.05, 0.1) is 25.1 Å². The fraction of sp³-hybridized carbons (Fsp3) is 0.409. The average molecular weight is 419 g/mol. The number of ether oxygens (including phenoxy) is 1. The summed E-state index contributed by atoms with van der Waals surface area (Å²) in [5.74, 6) is 0.0256. The molecule has 0 aliphatic rings. The number of hydrogen-bond donors (Lipinski definition) is 1. The van der Waals surface area contributed by atoms with Gasteiger partial charge in [0, 0.05) is 0 Å². The lowest BCUT2D eigenvalue weighted by Crippen LogP contribution is -2.48. The minimum Gasteiger partial charge on any atom is -0.495 e. The smallest absolute Gasteiger partial charge is 0.244 e. The average Bonchev–Trinajstić information content (AvgIpc) is 2.66. The molecule has 0 aliphatic heterocycles. The van der Waals surface area contributed by atoms with Crippen LogP contribution in [0, 0.1) is 13.8 Å². The lowest BCUT2D eigenvalue weighted by Gasteiger charge is -2.31. The number of methoxy groups -OCH3 is 1. The van der Waals surface area contributed by atoms with E-state index in [1.165, 1.54) is 7.11 Å². The third kappa shape index (κ3) is 5.50. The fourth-order valence-corrected chi connectivity index (χ4v) is 4.44. The van der Waals surface area contributed by atoms with Crippen molar-refractivity contribution in [1.29, 1.82) is 0 Å². The molecule has 0 aliphatic carbocycles. The number of sulfonamides is 1. The first kappa shape index (κ1) is 22.7. The van der Waals surface area contributed by atoms with E-state index in [9.17, 15) is 13.2 Å². The fourth-order valence-electron chi connectivity index (χ4n) is 3.27. The molecule has 0 spiro atoms. The third-order valence-electron chi connectivity index (χ3n) is 4.86. The summed E-state index contributed by atoms with van der Waals surface area (Å²) < 4.78 is 31.7. The Kier molecular flexibility index (Phi) is 7.30. The molecule has 0 radical (unpaired) electrons. The topological polar surface area (TPSA) is 75.7 Å². The van der Waals surface area contributed by atoms with Crippen LogP contribution >= 0.6 is 0 Å². The van der Waals surface area contributed by atoms with Crippen molar-refractivity contribution in [2.75, 3.05) is 17.7 Å². The molecule has 2 rings (SSSR count). The molecule has 6 nitrogen and oxygen atoms in total. The molecule has 0 bridgehead atoms. The SMILES string of the molecule is CC[C@H](NC(=O)[C@@H](C)N(c1cc(C)ccc1OC)S(C)(=O)=O)c1ccc(C)cc1. The van der Waals surface area contributed by atoms with Gasteiger partial charge in [-0.25, -0.2) is 8.42 Å². The molecular formula is C22H30N2O4S. The van der Waals surface area contributed by atoms with Gasteiger partial charge in [0.25, 0.3) is 0 Å². The lowest BCUT2D eigenvalue weighted by atomic mass is 10.0. The minimum atomic E-state index is -3.73. The predicted octanol–water partition coefficient (Wildman–Crippen LogP) is 3.73. The highest BCUT2D eigenvalue weighted by molar-refractivity contribution is 7.92. The van der Waals surface area contributed by atoms with Crippen molar-refractivity contribution in [2.45, 2.75) is 46.2 Å². The van der Waals surface area contributed by atoms with Crippen LogP contribution < -0.4 is 14.4 Å². The molecule has 0 aromatic heterocycles. The second kappa shape index (κ2) is 9.31. The summed E-state index contributed by atoms with van der Waals surface area (Å²) in [6.07, 6.45) is 1.78. The van der Waals surface area contributed by atoms with E-state index < -0.39 is 16.1 Å². The molecule has 1 amide bonds. The first-order chi connectivity index (χ1) is 13.6. The van der Waals surface area contributed by atoms with E-state index in [1.807, 2.05) is 51.1 Å². The summed E-state index contributed by atoms with van der Waals surface area (Å²) in [5, 5.41) is 2.99. The molecule has 0 saturated heterocycles. The number of nitrogens with zero attached hydrogens (tertiary/aromatic N) is 1. The molecule has 1 N–H and O–H groups in total. The maximum absolute atomic E-state index is 13.0. The third-order valence-corrected chi connectivity index (χ3v) is 6.09. The Morgan fingerprint density at radius 2 is 1.69 bits per heavy atom. The second-order valence-corrected chi connectivity index (χ2v) is 9.15. The van der Waals surface area contributed by atoms with E-state index in [0.717, 1.165) is 27.3 Å². The summed E-state index contributed by atoms with van der Waals surface area (Å²) in [6, 6.07) is 12.0. The molecule has 158 valence electrons. The van der Waals surface area contributed by atoms with E-state index in [1.54, 1.807) is 19.1 Å². The van der Waals surface area contributed by atoms with E-state index >= 15 is 0 Å². The van der Waals surface area contributed by atoms with Crippen LogP contribution in [0.4, 0.5) is 5.69 Å². The van der Waals surface area contributed by atoms with Crippen molar-refractivity contribution >= 4 is 21.6 Å². The van der Waals surface area contributed by atoms with Gasteiger partial charge in [0.15, 0.2) is 0 Å². The molecule has 0 fully saturated rings. The van der Waals surface area contributed by atoms with Crippen molar-refractivity contribution in [3.8, 4) is 5.75 Å². The van der Waals surface area contributed by atoms with Gasteiger partial charge in [-0.05, 0) is 50.5 Å². The summed E-state index contributed by atoms with van der Waals surface area (Å²) in [5.41, 5.74) is 3.34. The van der Waals surface area contributed by atoms with Crippen molar-refractivity contribution in [3.63, 3.8) is 0 Å². The summed E-state index contributed by atoms with van der Waals surface area (Å²) in [4.78, 5) is 13.0. The largest absolute Gasteiger partial charge is 0.495 e. The summed E-state index contributed by atoms with van der Waals surface area (Å²) >= 11 is 0. The zero-order valence-electron chi connectivity index (χ0n) is 17.9. The van der Waals surface area contributed by atoms with Gasteiger partial charge < -0.3 is 10.1 Å². The van der Waals surface area contributed by atoms with Crippen molar-refractivity contribution in [3.05, 3.63) is 59.2 Å². The van der Waals surface area contributed by atoms with E-state index in [2.05, 4.69) is 5.32 Å². The highest BCUT2D eigenvalue weighted by atomic mass is 32.2. The standard InChI is InChI=1S/C22H30N2O4S/c1-7-19(18-11-8-15(2)9-12-18)23-22(25)17(4)24(29(6,26)27)20-14-16(3)10-13-21(20)28-5/h8-14,17,19H,7H2,1-6H3,(H,23,25)/t17-,19+/m1/s1. The van der Waals surface area contributed by atoms with Gasteiger partial charge in [-0.15, -0.1) is 0 Å². The zero-order valence-corrected chi connectivity index (χ0v) is 18.7. The van der Waals surface area contributed by atoms with Crippen molar-refractivity contribution < 1.29 is 17.9 Å². The number of nitrogens with one attached hydrogen (secondary N) is 1. The van der Waals surface area contributed by atoms with E-state index in [0.29, 0.717) is 17.9 Å². The number of carbonyl (C=O) groups is 1. The highest BCUT2D eigenvalue weighted by Gasteiger charge is 2.32. The van der Waals surface area contributed by atoms with Crippen molar-refractivity contribution in [1.82, 2.24) is 5.32 Å². The monoisotopic (exact) mass is 418 g/mol. The van der Waals surface area contributed by atoms with Crippen LogP contribution in [0.2, 0.25) is 0 Å². The van der Waals surface area contributed by atoms with Gasteiger partial charge >= 0.3 is 0 Å². The maximum atomic E-state index is 13.0. The predicted molar refractivity (Wildman–Crippen MR) is 117 cm³/mol. The van der Waals surface area contributed by atoms with Crippen LogP contribution in [0.15, 0.2) is 42.5 Å². The Morgan fingerprint density at radius 3 is 2.21 bits per heavy atom. The van der Waals surface area contributed by atoms with Gasteiger partial charge in [0.2, 0.25) is 15.9 Å². The van der Waals surface area contributed by atoms with Crippen LogP contribution in [0.3, 0.4) is 0 Å². The Bertz CT molecular complexity index is 955. The molecule has 2 aromatic carbocycles. The normalized spacial score (nSPS) is 13.4. The first-order valence-corrected chi connectivity index (χ1v) is 11.4. The minimum absolute atomic E-state index is 0.202. The van der Waals surface area contributed by atoms with Gasteiger partial charge in [-0.1, -0.05) is 42.8 Å². The molecule has 7 heteroatoms. The number of rotatable bonds is 8. The maximum Gasteiger partial charge on any atom is 0.244 e. The van der Waals surface area contributed by atoms with Gasteiger partial charge in [-0.3, -0.25) is 9.10 Å². The van der Waals surface area contributed by atoms with E-state index in [4.69, 9.17) is 4.74 Å².